The van der Waals surface area contributed by atoms with Gasteiger partial charge in [0.2, 0.25) is 0 Å². The van der Waals surface area contributed by atoms with Gasteiger partial charge < -0.3 is 0 Å². The van der Waals surface area contributed by atoms with Crippen molar-refractivity contribution in [3.63, 3.8) is 0 Å². The van der Waals surface area contributed by atoms with E-state index in [1.165, 1.54) is 26.4 Å². The van der Waals surface area contributed by atoms with E-state index in [9.17, 15) is 0 Å². The van der Waals surface area contributed by atoms with E-state index in [0.29, 0.717) is 5.41 Å². The molecule has 3 heteroatoms. The van der Waals surface area contributed by atoms with E-state index in [1.807, 2.05) is 17.7 Å². The smallest absolute Gasteiger partial charge is 0.235 e. The lowest BCUT2D eigenvalue weighted by Gasteiger charge is -2.18. The molecule has 2 heterocycles. The van der Waals surface area contributed by atoms with Gasteiger partial charge in [-0.05, 0) is 23.7 Å². The molecule has 2 rings (SSSR count). The van der Waals surface area contributed by atoms with Crippen LogP contribution in [0.15, 0.2) is 6.33 Å². The first-order valence-corrected chi connectivity index (χ1v) is 8.09. The van der Waals surface area contributed by atoms with Crippen LogP contribution in [0.25, 0.3) is 10.2 Å². The lowest BCUT2D eigenvalue weighted by atomic mass is 9.89. The maximum absolute atomic E-state index is 4.68. The van der Waals surface area contributed by atoms with Crippen LogP contribution in [0.4, 0.5) is 0 Å². The van der Waals surface area contributed by atoms with Gasteiger partial charge in [-0.2, -0.15) is 0 Å². The maximum Gasteiger partial charge on any atom is 0.286 e. The molecular weight excluding hydrogens is 264 g/mol. The molecule has 0 radical (unpaired) electrons. The zero-order chi connectivity index (χ0) is 15.3. The summed E-state index contributed by atoms with van der Waals surface area (Å²) >= 11 is 1.94. The van der Waals surface area contributed by atoms with Gasteiger partial charge in [-0.15, -0.1) is 11.3 Å². The highest BCUT2D eigenvalue weighted by Gasteiger charge is 2.29. The van der Waals surface area contributed by atoms with Crippen LogP contribution in [-0.4, -0.2) is 4.98 Å². The molecule has 0 saturated carbocycles. The molecule has 0 N–H and O–H groups in total. The third-order valence-electron chi connectivity index (χ3n) is 3.54. The highest BCUT2D eigenvalue weighted by Crippen LogP contribution is 2.37. The number of hydrogen-bond donors (Lipinski definition) is 0. The minimum Gasteiger partial charge on any atom is -0.235 e. The Bertz CT molecular complexity index is 640. The Hall–Kier alpha value is -0.960. The quantitative estimate of drug-likeness (QED) is 0.715. The standard InChI is InChI=1S/C17H27N2S/c1-11-12(9-16(2,3)4)20-14-13(11)18-10-19(8)15(14)17(5,6)7/h10H,9H2,1-8H3/q+1. The van der Waals surface area contributed by atoms with Crippen molar-refractivity contribution in [3.05, 3.63) is 22.5 Å². The average molecular weight is 291 g/mol. The molecule has 0 fully saturated rings. The SMILES string of the molecule is Cc1c(CC(C)(C)C)sc2c(C(C)(C)C)[n+](C)cnc12. The lowest BCUT2D eigenvalue weighted by Crippen LogP contribution is -2.39. The Morgan fingerprint density at radius 2 is 1.75 bits per heavy atom. The molecule has 20 heavy (non-hydrogen) atoms. The number of hydrogen-bond acceptors (Lipinski definition) is 2. The van der Waals surface area contributed by atoms with Gasteiger partial charge in [-0.3, -0.25) is 0 Å². The van der Waals surface area contributed by atoms with Crippen LogP contribution in [0.5, 0.6) is 0 Å². The van der Waals surface area contributed by atoms with E-state index < -0.39 is 0 Å². The van der Waals surface area contributed by atoms with Gasteiger partial charge >= 0.3 is 0 Å². The fourth-order valence-electron chi connectivity index (χ4n) is 2.75. The van der Waals surface area contributed by atoms with Crippen LogP contribution >= 0.6 is 11.3 Å². The van der Waals surface area contributed by atoms with Crippen molar-refractivity contribution in [2.24, 2.45) is 12.5 Å². The molecule has 0 aliphatic rings. The monoisotopic (exact) mass is 291 g/mol. The van der Waals surface area contributed by atoms with E-state index in [1.54, 1.807) is 0 Å². The van der Waals surface area contributed by atoms with Crippen LogP contribution in [0.2, 0.25) is 0 Å². The van der Waals surface area contributed by atoms with Crippen molar-refractivity contribution < 1.29 is 4.57 Å². The Morgan fingerprint density at radius 3 is 2.25 bits per heavy atom. The third-order valence-corrected chi connectivity index (χ3v) is 4.83. The first kappa shape index (κ1) is 15.4. The summed E-state index contributed by atoms with van der Waals surface area (Å²) in [6.45, 7) is 16.0. The molecule has 0 saturated heterocycles. The number of thiophene rings is 1. The molecule has 0 amide bonds. The highest BCUT2D eigenvalue weighted by atomic mass is 32.1. The van der Waals surface area contributed by atoms with Crippen LogP contribution in [0.1, 0.15) is 57.7 Å². The molecule has 0 aliphatic heterocycles. The number of fused-ring (bicyclic) bond motifs is 1. The summed E-state index contributed by atoms with van der Waals surface area (Å²) in [6, 6.07) is 0. The van der Waals surface area contributed by atoms with Gasteiger partial charge in [-0.1, -0.05) is 41.5 Å². The molecule has 0 aliphatic carbocycles. The van der Waals surface area contributed by atoms with Crippen molar-refractivity contribution >= 4 is 21.6 Å². The molecule has 2 nitrogen and oxygen atoms in total. The molecule has 0 bridgehead atoms. The van der Waals surface area contributed by atoms with Crippen LogP contribution < -0.4 is 4.57 Å². The Labute approximate surface area is 126 Å². The molecule has 2 aromatic rings. The largest absolute Gasteiger partial charge is 0.286 e. The van der Waals surface area contributed by atoms with E-state index in [-0.39, 0.29) is 5.41 Å². The van der Waals surface area contributed by atoms with Crippen molar-refractivity contribution in [3.8, 4) is 0 Å². The predicted molar refractivity (Wildman–Crippen MR) is 87.4 cm³/mol. The zero-order valence-corrected chi connectivity index (χ0v) is 14.9. The van der Waals surface area contributed by atoms with Crippen LogP contribution in [0.3, 0.4) is 0 Å². The van der Waals surface area contributed by atoms with Gasteiger partial charge in [0.15, 0.2) is 5.52 Å². The van der Waals surface area contributed by atoms with Gasteiger partial charge in [0.05, 0.1) is 7.05 Å². The molecule has 0 unspecified atom stereocenters. The molecular formula is C17H27N2S+. The normalized spacial score (nSPS) is 13.2. The Morgan fingerprint density at radius 1 is 1.15 bits per heavy atom. The van der Waals surface area contributed by atoms with Crippen molar-refractivity contribution in [1.82, 2.24) is 4.98 Å². The molecule has 110 valence electrons. The predicted octanol–water partition coefficient (Wildman–Crippen LogP) is 4.32. The van der Waals surface area contributed by atoms with E-state index >= 15 is 0 Å². The first-order valence-electron chi connectivity index (χ1n) is 7.28. The second kappa shape index (κ2) is 4.80. The number of nitrogens with zero attached hydrogens (tertiary/aromatic N) is 2. The highest BCUT2D eigenvalue weighted by molar-refractivity contribution is 7.19. The summed E-state index contributed by atoms with van der Waals surface area (Å²) in [6.07, 6.45) is 3.08. The fourth-order valence-corrected chi connectivity index (χ4v) is 4.60. The summed E-state index contributed by atoms with van der Waals surface area (Å²) in [5, 5.41) is 0. The average Bonchev–Trinajstić information content (AvgIpc) is 2.51. The summed E-state index contributed by atoms with van der Waals surface area (Å²) in [5.74, 6) is 0. The van der Waals surface area contributed by atoms with Gasteiger partial charge in [0.1, 0.15) is 10.4 Å². The zero-order valence-electron chi connectivity index (χ0n) is 14.1. The van der Waals surface area contributed by atoms with Crippen molar-refractivity contribution in [2.75, 3.05) is 0 Å². The van der Waals surface area contributed by atoms with E-state index in [0.717, 1.165) is 6.42 Å². The second-order valence-corrected chi connectivity index (χ2v) is 9.12. The summed E-state index contributed by atoms with van der Waals surface area (Å²) in [5.41, 5.74) is 4.39. The minimum absolute atomic E-state index is 0.131. The van der Waals surface area contributed by atoms with Crippen LogP contribution in [0, 0.1) is 12.3 Å². The molecule has 0 atom stereocenters. The Kier molecular flexibility index (Phi) is 3.70. The van der Waals surface area contributed by atoms with E-state index in [4.69, 9.17) is 0 Å². The van der Waals surface area contributed by atoms with Crippen LogP contribution in [-0.2, 0) is 18.9 Å². The lowest BCUT2D eigenvalue weighted by molar-refractivity contribution is -0.683. The third kappa shape index (κ3) is 2.88. The number of aryl methyl sites for hydroxylation is 2. The summed E-state index contributed by atoms with van der Waals surface area (Å²) in [4.78, 5) is 6.16. The minimum atomic E-state index is 0.131. The number of rotatable bonds is 1. The number of aromatic nitrogens is 2. The van der Waals surface area contributed by atoms with Crippen molar-refractivity contribution in [1.29, 1.82) is 0 Å². The van der Waals surface area contributed by atoms with Gasteiger partial charge in [0, 0.05) is 15.9 Å². The second-order valence-electron chi connectivity index (χ2n) is 8.02. The Balaban J connectivity index is 2.71. The topological polar surface area (TPSA) is 16.8 Å². The van der Waals surface area contributed by atoms with Gasteiger partial charge in [-0.25, -0.2) is 4.57 Å². The van der Waals surface area contributed by atoms with Gasteiger partial charge in [0.25, 0.3) is 6.33 Å². The first-order chi connectivity index (χ1) is 9.00. The molecule has 0 aromatic carbocycles. The van der Waals surface area contributed by atoms with E-state index in [2.05, 4.69) is 65.1 Å². The fraction of sp³-hybridized carbons (Fsp3) is 0.647. The molecule has 2 aromatic heterocycles. The maximum atomic E-state index is 4.68. The molecule has 0 spiro atoms. The van der Waals surface area contributed by atoms with Crippen molar-refractivity contribution in [2.45, 2.75) is 60.3 Å². The summed E-state index contributed by atoms with van der Waals surface area (Å²) in [7, 11) is 2.10. The summed E-state index contributed by atoms with van der Waals surface area (Å²) < 4.78 is 3.54.